The third kappa shape index (κ3) is 4.09. The molecule has 0 saturated heterocycles. The molecule has 0 radical (unpaired) electrons. The van der Waals surface area contributed by atoms with E-state index in [1.165, 1.54) is 11.1 Å². The fraction of sp³-hybridized carbons (Fsp3) is 0.294. The molecule has 2 aromatic carbocycles. The summed E-state index contributed by atoms with van der Waals surface area (Å²) in [5.41, 5.74) is 9.45. The fourth-order valence-corrected chi connectivity index (χ4v) is 2.53. The molecule has 0 aliphatic rings. The van der Waals surface area contributed by atoms with Gasteiger partial charge in [0.15, 0.2) is 0 Å². The zero-order chi connectivity index (χ0) is 14.5. The van der Waals surface area contributed by atoms with Crippen molar-refractivity contribution >= 4 is 15.9 Å². The summed E-state index contributed by atoms with van der Waals surface area (Å²) >= 11 is 3.54. The van der Waals surface area contributed by atoms with Crippen LogP contribution >= 0.6 is 15.9 Å². The van der Waals surface area contributed by atoms with Crippen molar-refractivity contribution < 1.29 is 4.74 Å². The Labute approximate surface area is 129 Å². The smallest absolute Gasteiger partial charge is 0.123 e. The third-order valence-electron chi connectivity index (χ3n) is 3.10. The molecule has 1 unspecified atom stereocenters. The lowest BCUT2D eigenvalue weighted by atomic mass is 10.0. The van der Waals surface area contributed by atoms with E-state index < -0.39 is 0 Å². The molecule has 0 saturated carbocycles. The van der Waals surface area contributed by atoms with Crippen LogP contribution in [-0.4, -0.2) is 6.04 Å². The molecule has 0 aliphatic heterocycles. The molecule has 2 rings (SSSR count). The summed E-state index contributed by atoms with van der Waals surface area (Å²) in [6.07, 6.45) is 0.826. The maximum atomic E-state index is 5.97. The summed E-state index contributed by atoms with van der Waals surface area (Å²) in [6.45, 7) is 4.65. The van der Waals surface area contributed by atoms with Crippen molar-refractivity contribution in [3.05, 3.63) is 63.6 Å². The lowest BCUT2D eigenvalue weighted by Gasteiger charge is -2.14. The number of aryl methyl sites for hydroxylation is 1. The van der Waals surface area contributed by atoms with E-state index in [-0.39, 0.29) is 6.04 Å². The van der Waals surface area contributed by atoms with Gasteiger partial charge in [-0.3, -0.25) is 0 Å². The van der Waals surface area contributed by atoms with Gasteiger partial charge in [0, 0.05) is 16.1 Å². The molecule has 0 heterocycles. The number of rotatable bonds is 5. The highest BCUT2D eigenvalue weighted by Gasteiger charge is 2.08. The number of nitrogens with two attached hydrogens (primary N) is 1. The average molecular weight is 334 g/mol. The summed E-state index contributed by atoms with van der Waals surface area (Å²) in [4.78, 5) is 0. The standard InChI is InChI=1S/C17H20BrNO/c1-12-7-8-17(15(9-12)10-13(2)19)20-11-14-5-3-4-6-16(14)18/h3-9,13H,10-11,19H2,1-2H3. The van der Waals surface area contributed by atoms with Crippen LogP contribution in [0.2, 0.25) is 0 Å². The van der Waals surface area contributed by atoms with Gasteiger partial charge in [-0.15, -0.1) is 0 Å². The molecule has 2 aromatic rings. The molecule has 20 heavy (non-hydrogen) atoms. The van der Waals surface area contributed by atoms with Crippen molar-refractivity contribution in [2.75, 3.05) is 0 Å². The summed E-state index contributed by atoms with van der Waals surface area (Å²) in [6, 6.07) is 14.5. The van der Waals surface area contributed by atoms with Gasteiger partial charge in [0.2, 0.25) is 0 Å². The van der Waals surface area contributed by atoms with Gasteiger partial charge in [-0.25, -0.2) is 0 Å². The first-order valence-electron chi connectivity index (χ1n) is 6.77. The van der Waals surface area contributed by atoms with Crippen LogP contribution in [-0.2, 0) is 13.0 Å². The topological polar surface area (TPSA) is 35.2 Å². The van der Waals surface area contributed by atoms with Crippen LogP contribution in [0.1, 0.15) is 23.6 Å². The Kier molecular flexibility index (Phi) is 5.21. The Morgan fingerprint density at radius 3 is 2.60 bits per heavy atom. The van der Waals surface area contributed by atoms with Crippen LogP contribution in [0, 0.1) is 6.92 Å². The maximum absolute atomic E-state index is 5.97. The van der Waals surface area contributed by atoms with Crippen molar-refractivity contribution in [2.45, 2.75) is 32.9 Å². The predicted octanol–water partition coefficient (Wildman–Crippen LogP) is 4.23. The Hall–Kier alpha value is -1.32. The highest BCUT2D eigenvalue weighted by Crippen LogP contribution is 2.24. The molecule has 106 valence electrons. The van der Waals surface area contributed by atoms with Crippen molar-refractivity contribution in [3.8, 4) is 5.75 Å². The summed E-state index contributed by atoms with van der Waals surface area (Å²) < 4.78 is 7.04. The van der Waals surface area contributed by atoms with Crippen LogP contribution in [0.3, 0.4) is 0 Å². The highest BCUT2D eigenvalue weighted by molar-refractivity contribution is 9.10. The fourth-order valence-electron chi connectivity index (χ4n) is 2.13. The number of hydrogen-bond donors (Lipinski definition) is 1. The first kappa shape index (κ1) is 15.1. The SMILES string of the molecule is Cc1ccc(OCc2ccccc2Br)c(CC(C)N)c1. The zero-order valence-electron chi connectivity index (χ0n) is 11.9. The van der Waals surface area contributed by atoms with Crippen LogP contribution in [0.5, 0.6) is 5.75 Å². The lowest BCUT2D eigenvalue weighted by molar-refractivity contribution is 0.301. The number of hydrogen-bond acceptors (Lipinski definition) is 2. The van der Waals surface area contributed by atoms with Gasteiger partial charge in [-0.1, -0.05) is 51.8 Å². The van der Waals surface area contributed by atoms with Gasteiger partial charge in [-0.2, -0.15) is 0 Å². The van der Waals surface area contributed by atoms with Crippen molar-refractivity contribution in [1.82, 2.24) is 0 Å². The summed E-state index contributed by atoms with van der Waals surface area (Å²) in [5, 5.41) is 0. The average Bonchev–Trinajstić information content (AvgIpc) is 2.39. The van der Waals surface area contributed by atoms with Gasteiger partial charge in [0.1, 0.15) is 12.4 Å². The van der Waals surface area contributed by atoms with E-state index in [9.17, 15) is 0 Å². The normalized spacial score (nSPS) is 12.2. The summed E-state index contributed by atoms with van der Waals surface area (Å²) in [7, 11) is 0. The first-order chi connectivity index (χ1) is 9.56. The minimum atomic E-state index is 0.127. The summed E-state index contributed by atoms with van der Waals surface area (Å²) in [5.74, 6) is 0.920. The molecule has 0 aliphatic carbocycles. The Bertz CT molecular complexity index is 581. The maximum Gasteiger partial charge on any atom is 0.123 e. The Balaban J connectivity index is 2.15. The van der Waals surface area contributed by atoms with Gasteiger partial charge in [0.25, 0.3) is 0 Å². The minimum absolute atomic E-state index is 0.127. The second kappa shape index (κ2) is 6.91. The molecule has 3 heteroatoms. The largest absolute Gasteiger partial charge is 0.489 e. The van der Waals surface area contributed by atoms with E-state index in [0.717, 1.165) is 22.2 Å². The Morgan fingerprint density at radius 1 is 1.15 bits per heavy atom. The molecular weight excluding hydrogens is 314 g/mol. The van der Waals surface area contributed by atoms with Crippen molar-refractivity contribution in [1.29, 1.82) is 0 Å². The van der Waals surface area contributed by atoms with Crippen LogP contribution in [0.15, 0.2) is 46.9 Å². The molecule has 0 aromatic heterocycles. The van der Waals surface area contributed by atoms with Gasteiger partial charge in [-0.05, 0) is 38.0 Å². The number of ether oxygens (including phenoxy) is 1. The molecule has 0 bridgehead atoms. The molecule has 0 spiro atoms. The molecule has 1 atom stereocenters. The van der Waals surface area contributed by atoms with E-state index in [0.29, 0.717) is 6.61 Å². The van der Waals surface area contributed by atoms with E-state index >= 15 is 0 Å². The third-order valence-corrected chi connectivity index (χ3v) is 3.87. The van der Waals surface area contributed by atoms with Crippen LogP contribution in [0.25, 0.3) is 0 Å². The van der Waals surface area contributed by atoms with Crippen molar-refractivity contribution in [2.24, 2.45) is 5.73 Å². The van der Waals surface area contributed by atoms with Gasteiger partial charge in [0.05, 0.1) is 0 Å². The number of halogens is 1. The molecular formula is C17H20BrNO. The second-order valence-electron chi connectivity index (χ2n) is 5.17. The highest BCUT2D eigenvalue weighted by atomic mass is 79.9. The Morgan fingerprint density at radius 2 is 1.90 bits per heavy atom. The minimum Gasteiger partial charge on any atom is -0.489 e. The van der Waals surface area contributed by atoms with E-state index in [4.69, 9.17) is 10.5 Å². The van der Waals surface area contributed by atoms with E-state index in [1.54, 1.807) is 0 Å². The molecule has 2 nitrogen and oxygen atoms in total. The van der Waals surface area contributed by atoms with Gasteiger partial charge < -0.3 is 10.5 Å². The molecule has 0 amide bonds. The quantitative estimate of drug-likeness (QED) is 0.888. The predicted molar refractivity (Wildman–Crippen MR) is 87.0 cm³/mol. The first-order valence-corrected chi connectivity index (χ1v) is 7.57. The van der Waals surface area contributed by atoms with Crippen molar-refractivity contribution in [3.63, 3.8) is 0 Å². The lowest BCUT2D eigenvalue weighted by Crippen LogP contribution is -2.18. The van der Waals surface area contributed by atoms with E-state index in [2.05, 4.69) is 41.1 Å². The number of benzene rings is 2. The second-order valence-corrected chi connectivity index (χ2v) is 6.03. The van der Waals surface area contributed by atoms with Crippen LogP contribution < -0.4 is 10.5 Å². The molecule has 0 fully saturated rings. The van der Waals surface area contributed by atoms with E-state index in [1.807, 2.05) is 31.2 Å². The zero-order valence-corrected chi connectivity index (χ0v) is 13.5. The van der Waals surface area contributed by atoms with Crippen LogP contribution in [0.4, 0.5) is 0 Å². The monoisotopic (exact) mass is 333 g/mol. The molecule has 2 N–H and O–H groups in total. The van der Waals surface area contributed by atoms with Gasteiger partial charge >= 0.3 is 0 Å².